The number of rotatable bonds is 4. The lowest BCUT2D eigenvalue weighted by molar-refractivity contribution is 0.0685. The monoisotopic (exact) mass is 345 g/mol. The first-order valence-corrected chi connectivity index (χ1v) is 6.21. The first-order chi connectivity index (χ1) is 8.08. The molecule has 0 fully saturated rings. The van der Waals surface area contributed by atoms with E-state index in [1.54, 1.807) is 16.8 Å². The second-order valence-electron chi connectivity index (χ2n) is 3.75. The number of hydrogen-bond donors (Lipinski definition) is 1. The number of aromatic carboxylic acids is 1. The van der Waals surface area contributed by atoms with Gasteiger partial charge in [0.25, 0.3) is 0 Å². The molecule has 6 heteroatoms. The third-order valence-corrected chi connectivity index (χ3v) is 3.17. The van der Waals surface area contributed by atoms with Crippen LogP contribution in [0.5, 0.6) is 0 Å². The molecule has 0 aromatic carbocycles. The molecule has 0 bridgehead atoms. The van der Waals surface area contributed by atoms with E-state index in [4.69, 9.17) is 5.11 Å². The van der Waals surface area contributed by atoms with Crippen LogP contribution in [-0.2, 0) is 20.0 Å². The van der Waals surface area contributed by atoms with E-state index < -0.39 is 5.97 Å². The minimum Gasteiger partial charge on any atom is -0.477 e. The normalized spacial score (nSPS) is 10.7. The predicted molar refractivity (Wildman–Crippen MR) is 71.0 cm³/mol. The fraction of sp³-hybridized carbons (Fsp3) is 0.273. The maximum Gasteiger partial charge on any atom is 0.352 e. The van der Waals surface area contributed by atoms with E-state index >= 15 is 0 Å². The first kappa shape index (κ1) is 12.2. The standard InChI is InChI=1S/C11H12IN3O2/c1-14-5-3-13-10(14)2-4-15-7-8(12)6-9(15)11(16)17/h3,5-7H,2,4H2,1H3,(H,16,17). The molecule has 90 valence electrons. The number of carbonyl (C=O) groups is 1. The van der Waals surface area contributed by atoms with Crippen LogP contribution in [0.15, 0.2) is 24.7 Å². The molecule has 2 aromatic heterocycles. The van der Waals surface area contributed by atoms with E-state index in [1.165, 1.54) is 0 Å². The average molecular weight is 345 g/mol. The van der Waals surface area contributed by atoms with E-state index in [-0.39, 0.29) is 0 Å². The Labute approximate surface area is 112 Å². The van der Waals surface area contributed by atoms with Gasteiger partial charge in [-0.15, -0.1) is 0 Å². The third kappa shape index (κ3) is 2.68. The summed E-state index contributed by atoms with van der Waals surface area (Å²) in [5.74, 6) is 0.0535. The minimum absolute atomic E-state index is 0.323. The molecule has 2 heterocycles. The molecule has 0 aliphatic heterocycles. The summed E-state index contributed by atoms with van der Waals surface area (Å²) < 4.78 is 4.62. The molecular weight excluding hydrogens is 333 g/mol. The lowest BCUT2D eigenvalue weighted by Gasteiger charge is -2.06. The van der Waals surface area contributed by atoms with Gasteiger partial charge in [-0.25, -0.2) is 9.78 Å². The molecule has 5 nitrogen and oxygen atoms in total. The van der Waals surface area contributed by atoms with E-state index in [0.29, 0.717) is 18.7 Å². The van der Waals surface area contributed by atoms with Crippen LogP contribution in [0.1, 0.15) is 16.3 Å². The fourth-order valence-corrected chi connectivity index (χ4v) is 2.33. The number of halogens is 1. The first-order valence-electron chi connectivity index (χ1n) is 5.13. The Morgan fingerprint density at radius 2 is 2.35 bits per heavy atom. The number of aryl methyl sites for hydroxylation is 3. The summed E-state index contributed by atoms with van der Waals surface area (Å²) in [6.07, 6.45) is 6.18. The Hall–Kier alpha value is -1.31. The van der Waals surface area contributed by atoms with Crippen molar-refractivity contribution in [2.45, 2.75) is 13.0 Å². The van der Waals surface area contributed by atoms with Gasteiger partial charge in [-0.3, -0.25) is 0 Å². The van der Waals surface area contributed by atoms with Crippen molar-refractivity contribution in [2.75, 3.05) is 0 Å². The van der Waals surface area contributed by atoms with Gasteiger partial charge in [-0.2, -0.15) is 0 Å². The summed E-state index contributed by atoms with van der Waals surface area (Å²) in [5.41, 5.74) is 0.323. The van der Waals surface area contributed by atoms with Crippen LogP contribution in [-0.4, -0.2) is 25.2 Å². The lowest BCUT2D eigenvalue weighted by atomic mass is 10.3. The van der Waals surface area contributed by atoms with E-state index in [2.05, 4.69) is 27.6 Å². The van der Waals surface area contributed by atoms with Gasteiger partial charge in [0, 0.05) is 42.2 Å². The van der Waals surface area contributed by atoms with Crippen molar-refractivity contribution in [3.63, 3.8) is 0 Å². The van der Waals surface area contributed by atoms with Crippen LogP contribution >= 0.6 is 22.6 Å². The maximum atomic E-state index is 11.0. The Morgan fingerprint density at radius 3 is 2.94 bits per heavy atom. The van der Waals surface area contributed by atoms with E-state index in [0.717, 1.165) is 9.39 Å². The van der Waals surface area contributed by atoms with Crippen molar-refractivity contribution in [3.05, 3.63) is 39.7 Å². The molecule has 0 aliphatic rings. The molecular formula is C11H12IN3O2. The van der Waals surface area contributed by atoms with Gasteiger partial charge < -0.3 is 14.2 Å². The maximum absolute atomic E-state index is 11.0. The van der Waals surface area contributed by atoms with Crippen LogP contribution in [0.4, 0.5) is 0 Å². The Bertz CT molecular complexity index is 545. The smallest absolute Gasteiger partial charge is 0.352 e. The average Bonchev–Trinajstić information content (AvgIpc) is 2.82. The quantitative estimate of drug-likeness (QED) is 0.860. The summed E-state index contributed by atoms with van der Waals surface area (Å²) in [6, 6.07) is 1.67. The highest BCUT2D eigenvalue weighted by molar-refractivity contribution is 14.1. The van der Waals surface area contributed by atoms with Gasteiger partial charge >= 0.3 is 5.97 Å². The number of nitrogens with zero attached hydrogens (tertiary/aromatic N) is 3. The highest BCUT2D eigenvalue weighted by atomic mass is 127. The molecule has 2 rings (SSSR count). The van der Waals surface area contributed by atoms with E-state index in [1.807, 2.05) is 24.0 Å². The van der Waals surface area contributed by atoms with Crippen molar-refractivity contribution < 1.29 is 9.90 Å². The fourth-order valence-electron chi connectivity index (χ4n) is 1.70. The van der Waals surface area contributed by atoms with Gasteiger partial charge in [0.1, 0.15) is 11.5 Å². The topological polar surface area (TPSA) is 60.0 Å². The van der Waals surface area contributed by atoms with Gasteiger partial charge in [0.15, 0.2) is 0 Å². The van der Waals surface area contributed by atoms with Gasteiger partial charge in [0.2, 0.25) is 0 Å². The van der Waals surface area contributed by atoms with Gasteiger partial charge in [-0.1, -0.05) is 0 Å². The molecule has 0 unspecified atom stereocenters. The van der Waals surface area contributed by atoms with Crippen molar-refractivity contribution in [1.29, 1.82) is 0 Å². The van der Waals surface area contributed by atoms with Crippen LogP contribution in [0.25, 0.3) is 0 Å². The molecule has 0 spiro atoms. The van der Waals surface area contributed by atoms with E-state index in [9.17, 15) is 4.79 Å². The van der Waals surface area contributed by atoms with Gasteiger partial charge in [0.05, 0.1) is 0 Å². The zero-order chi connectivity index (χ0) is 12.4. The Morgan fingerprint density at radius 1 is 1.59 bits per heavy atom. The number of imidazole rings is 1. The summed E-state index contributed by atoms with van der Waals surface area (Å²) in [5, 5.41) is 9.05. The second kappa shape index (κ2) is 4.91. The minimum atomic E-state index is -0.896. The molecule has 1 N–H and O–H groups in total. The van der Waals surface area contributed by atoms with Gasteiger partial charge in [-0.05, 0) is 28.7 Å². The zero-order valence-electron chi connectivity index (χ0n) is 9.30. The van der Waals surface area contributed by atoms with Crippen molar-refractivity contribution in [3.8, 4) is 0 Å². The summed E-state index contributed by atoms with van der Waals surface area (Å²) in [7, 11) is 1.93. The van der Waals surface area contributed by atoms with Crippen LogP contribution in [0.2, 0.25) is 0 Å². The molecule has 0 aliphatic carbocycles. The number of aromatic nitrogens is 3. The number of carboxylic acids is 1. The summed E-state index contributed by atoms with van der Waals surface area (Å²) in [6.45, 7) is 0.621. The molecule has 0 saturated heterocycles. The third-order valence-electron chi connectivity index (χ3n) is 2.58. The largest absolute Gasteiger partial charge is 0.477 e. The molecule has 17 heavy (non-hydrogen) atoms. The molecule has 0 radical (unpaired) electrons. The van der Waals surface area contributed by atoms with Crippen molar-refractivity contribution in [1.82, 2.24) is 14.1 Å². The van der Waals surface area contributed by atoms with Crippen molar-refractivity contribution >= 4 is 28.6 Å². The highest BCUT2D eigenvalue weighted by Crippen LogP contribution is 2.12. The van der Waals surface area contributed by atoms with Crippen LogP contribution in [0, 0.1) is 3.57 Å². The number of hydrogen-bond acceptors (Lipinski definition) is 2. The zero-order valence-corrected chi connectivity index (χ0v) is 11.5. The molecule has 2 aromatic rings. The highest BCUT2D eigenvalue weighted by Gasteiger charge is 2.11. The second-order valence-corrected chi connectivity index (χ2v) is 4.99. The summed E-state index contributed by atoms with van der Waals surface area (Å²) in [4.78, 5) is 15.2. The SMILES string of the molecule is Cn1ccnc1CCn1cc(I)cc1C(=O)O. The molecule has 0 atom stereocenters. The van der Waals surface area contributed by atoms with Crippen LogP contribution < -0.4 is 0 Å². The number of carboxylic acid groups (broad SMARTS) is 1. The molecule has 0 saturated carbocycles. The Balaban J connectivity index is 2.14. The summed E-state index contributed by atoms with van der Waals surface area (Å²) >= 11 is 2.11. The van der Waals surface area contributed by atoms with Crippen molar-refractivity contribution in [2.24, 2.45) is 7.05 Å². The predicted octanol–water partition coefficient (Wildman–Crippen LogP) is 1.77. The molecule has 0 amide bonds. The van der Waals surface area contributed by atoms with Crippen LogP contribution in [0.3, 0.4) is 0 Å². The Kier molecular flexibility index (Phi) is 3.51. The lowest BCUT2D eigenvalue weighted by Crippen LogP contribution is -2.11.